The van der Waals surface area contributed by atoms with Crippen LogP contribution in [-0.2, 0) is 38.0 Å². The fraction of sp³-hybridized carbons (Fsp3) is 0.828. The van der Waals surface area contributed by atoms with Gasteiger partial charge in [0, 0.05) is 18.4 Å². The maximum atomic E-state index is 12.8. The summed E-state index contributed by atoms with van der Waals surface area (Å²) in [5.41, 5.74) is -0.824. The van der Waals surface area contributed by atoms with Gasteiger partial charge >= 0.3 is 18.1 Å². The lowest BCUT2D eigenvalue weighted by Crippen LogP contribution is -2.57. The van der Waals surface area contributed by atoms with Crippen molar-refractivity contribution in [1.82, 2.24) is 0 Å². The van der Waals surface area contributed by atoms with Gasteiger partial charge in [0.25, 0.3) is 0 Å². The van der Waals surface area contributed by atoms with Gasteiger partial charge < -0.3 is 28.4 Å². The minimum absolute atomic E-state index is 0.0187. The van der Waals surface area contributed by atoms with Crippen molar-refractivity contribution >= 4 is 18.1 Å². The van der Waals surface area contributed by atoms with Gasteiger partial charge in [0.05, 0.1) is 18.6 Å². The first-order valence-electron chi connectivity index (χ1n) is 13.9. The SMILES string of the molecule is C=C(C)C(=O)OC12CC3CCC(C(C3)C1)C(OC(=O)OCC1CC(CC(=O)OC(C)(C)C)OC(C)(C)O1)C2. The van der Waals surface area contributed by atoms with E-state index in [-0.39, 0.29) is 37.0 Å². The third-order valence-corrected chi connectivity index (χ3v) is 8.03. The molecule has 4 aliphatic rings. The number of rotatable bonds is 7. The van der Waals surface area contributed by atoms with Crippen molar-refractivity contribution in [3.8, 4) is 0 Å². The molecule has 0 N–H and O–H groups in total. The minimum Gasteiger partial charge on any atom is -0.460 e. The van der Waals surface area contributed by atoms with Crippen LogP contribution in [0.15, 0.2) is 12.2 Å². The summed E-state index contributed by atoms with van der Waals surface area (Å²) in [5.74, 6) is -0.531. The predicted molar refractivity (Wildman–Crippen MR) is 137 cm³/mol. The van der Waals surface area contributed by atoms with Gasteiger partial charge in [-0.3, -0.25) is 4.79 Å². The Hall–Kier alpha value is -2.13. The van der Waals surface area contributed by atoms with Crippen molar-refractivity contribution in [3.05, 3.63) is 12.2 Å². The van der Waals surface area contributed by atoms with Crippen LogP contribution in [0, 0.1) is 17.8 Å². The molecule has 7 unspecified atom stereocenters. The Kier molecular flexibility index (Phi) is 8.20. The lowest BCUT2D eigenvalue weighted by Gasteiger charge is -2.56. The van der Waals surface area contributed by atoms with E-state index in [0.717, 1.165) is 32.1 Å². The molecule has 38 heavy (non-hydrogen) atoms. The monoisotopic (exact) mass is 536 g/mol. The zero-order chi connectivity index (χ0) is 27.9. The molecule has 4 rings (SSSR count). The Balaban J connectivity index is 1.33. The van der Waals surface area contributed by atoms with Crippen LogP contribution in [0.3, 0.4) is 0 Å². The molecule has 0 aromatic rings. The standard InChI is InChI=1S/C29H44O9/c1-17(2)25(31)38-29-13-18-8-9-22(19(10-18)14-29)23(15-29)34-26(32)33-16-21-11-20(35-28(6,7)36-21)12-24(30)37-27(3,4)5/h18-23H,1,8-16H2,2-7H3. The average Bonchev–Trinajstić information content (AvgIpc) is 2.74. The fourth-order valence-corrected chi connectivity index (χ4v) is 6.94. The normalized spacial score (nSPS) is 35.6. The number of hydrogen-bond acceptors (Lipinski definition) is 9. The second kappa shape index (κ2) is 10.8. The Morgan fingerprint density at radius 1 is 1.00 bits per heavy atom. The predicted octanol–water partition coefficient (Wildman–Crippen LogP) is 5.24. The molecule has 0 spiro atoms. The van der Waals surface area contributed by atoms with E-state index in [1.807, 2.05) is 20.8 Å². The molecule has 9 nitrogen and oxygen atoms in total. The van der Waals surface area contributed by atoms with Crippen LogP contribution >= 0.6 is 0 Å². The van der Waals surface area contributed by atoms with Gasteiger partial charge in [-0.15, -0.1) is 0 Å². The molecule has 0 aromatic heterocycles. The Morgan fingerprint density at radius 2 is 1.71 bits per heavy atom. The Bertz CT molecular complexity index is 931. The van der Waals surface area contributed by atoms with Gasteiger partial charge in [-0.05, 0) is 91.4 Å². The number of ether oxygens (including phenoxy) is 6. The van der Waals surface area contributed by atoms with Crippen molar-refractivity contribution in [1.29, 1.82) is 0 Å². The van der Waals surface area contributed by atoms with Crippen molar-refractivity contribution in [2.75, 3.05) is 6.61 Å². The number of fused-ring (bicyclic) bond motifs is 2. The topological polar surface area (TPSA) is 107 Å². The van der Waals surface area contributed by atoms with Gasteiger partial charge in [-0.1, -0.05) is 6.58 Å². The van der Waals surface area contributed by atoms with E-state index < -0.39 is 35.4 Å². The van der Waals surface area contributed by atoms with E-state index in [0.29, 0.717) is 30.3 Å². The second-order valence-electron chi connectivity index (χ2n) is 13.2. The summed E-state index contributed by atoms with van der Waals surface area (Å²) in [5, 5.41) is 0. The summed E-state index contributed by atoms with van der Waals surface area (Å²) in [7, 11) is 0. The van der Waals surface area contributed by atoms with Crippen molar-refractivity contribution < 1.29 is 42.8 Å². The molecule has 1 saturated heterocycles. The summed E-state index contributed by atoms with van der Waals surface area (Å²) in [6, 6.07) is 0. The third-order valence-electron chi connectivity index (χ3n) is 8.03. The Morgan fingerprint density at radius 3 is 2.39 bits per heavy atom. The van der Waals surface area contributed by atoms with Crippen LogP contribution in [-0.4, -0.2) is 60.0 Å². The van der Waals surface area contributed by atoms with E-state index in [4.69, 9.17) is 28.4 Å². The molecule has 1 heterocycles. The smallest absolute Gasteiger partial charge is 0.460 e. The molecule has 9 heteroatoms. The first kappa shape index (κ1) is 28.9. The van der Waals surface area contributed by atoms with Crippen LogP contribution in [0.1, 0.15) is 92.9 Å². The lowest BCUT2D eigenvalue weighted by molar-refractivity contribution is -0.304. The second-order valence-corrected chi connectivity index (χ2v) is 13.2. The molecule has 0 radical (unpaired) electrons. The van der Waals surface area contributed by atoms with E-state index in [1.165, 1.54) is 0 Å². The van der Waals surface area contributed by atoms with Gasteiger partial charge in [-0.25, -0.2) is 9.59 Å². The molecular formula is C29H44O9. The molecule has 3 saturated carbocycles. The van der Waals surface area contributed by atoms with Crippen LogP contribution in [0.4, 0.5) is 4.79 Å². The maximum absolute atomic E-state index is 12.8. The summed E-state index contributed by atoms with van der Waals surface area (Å²) in [6.07, 6.45) is 3.69. The summed E-state index contributed by atoms with van der Waals surface area (Å²) in [6.45, 7) is 14.3. The Labute approximate surface area is 225 Å². The van der Waals surface area contributed by atoms with E-state index in [1.54, 1.807) is 20.8 Å². The van der Waals surface area contributed by atoms with Crippen molar-refractivity contribution in [3.63, 3.8) is 0 Å². The summed E-state index contributed by atoms with van der Waals surface area (Å²) >= 11 is 0. The van der Waals surface area contributed by atoms with E-state index >= 15 is 0 Å². The molecule has 0 amide bonds. The summed E-state index contributed by atoms with van der Waals surface area (Å²) in [4.78, 5) is 37.6. The van der Waals surface area contributed by atoms with Gasteiger partial charge in [0.15, 0.2) is 5.79 Å². The summed E-state index contributed by atoms with van der Waals surface area (Å²) < 4.78 is 34.7. The minimum atomic E-state index is -0.943. The highest BCUT2D eigenvalue weighted by Crippen LogP contribution is 2.56. The first-order chi connectivity index (χ1) is 17.6. The van der Waals surface area contributed by atoms with E-state index in [2.05, 4.69) is 6.58 Å². The zero-order valence-electron chi connectivity index (χ0n) is 23.7. The van der Waals surface area contributed by atoms with Crippen LogP contribution < -0.4 is 0 Å². The molecule has 1 aliphatic heterocycles. The zero-order valence-corrected chi connectivity index (χ0v) is 23.7. The van der Waals surface area contributed by atoms with Gasteiger partial charge in [-0.2, -0.15) is 0 Å². The molecule has 214 valence electrons. The lowest BCUT2D eigenvalue weighted by atomic mass is 9.54. The molecule has 0 aromatic carbocycles. The molecule has 4 fully saturated rings. The van der Waals surface area contributed by atoms with Crippen LogP contribution in [0.25, 0.3) is 0 Å². The molecule has 3 aliphatic carbocycles. The number of hydrogen-bond donors (Lipinski definition) is 0. The van der Waals surface area contributed by atoms with E-state index in [9.17, 15) is 14.4 Å². The highest BCUT2D eigenvalue weighted by Gasteiger charge is 2.56. The highest BCUT2D eigenvalue weighted by molar-refractivity contribution is 5.87. The quantitative estimate of drug-likeness (QED) is 0.245. The van der Waals surface area contributed by atoms with Crippen LogP contribution in [0.5, 0.6) is 0 Å². The number of carbonyl (C=O) groups is 3. The van der Waals surface area contributed by atoms with Crippen molar-refractivity contribution in [2.24, 2.45) is 17.8 Å². The number of esters is 2. The molecule has 3 bridgehead atoms. The third kappa shape index (κ3) is 7.29. The van der Waals surface area contributed by atoms with Crippen molar-refractivity contribution in [2.45, 2.75) is 128 Å². The maximum Gasteiger partial charge on any atom is 0.508 e. The van der Waals surface area contributed by atoms with Gasteiger partial charge in [0.1, 0.15) is 23.9 Å². The fourth-order valence-electron chi connectivity index (χ4n) is 6.94. The average molecular weight is 537 g/mol. The first-order valence-corrected chi connectivity index (χ1v) is 13.9. The van der Waals surface area contributed by atoms with Crippen LogP contribution in [0.2, 0.25) is 0 Å². The molecule has 7 atom stereocenters. The molecular weight excluding hydrogens is 492 g/mol. The largest absolute Gasteiger partial charge is 0.508 e. The highest BCUT2D eigenvalue weighted by atomic mass is 16.7. The number of carbonyl (C=O) groups excluding carboxylic acids is 3. The van der Waals surface area contributed by atoms with Gasteiger partial charge in [0.2, 0.25) is 0 Å².